The number of likely N-dealkylation sites (tertiary alicyclic amines) is 1. The van der Waals surface area contributed by atoms with Crippen LogP contribution in [0.15, 0.2) is 48.5 Å². The SMILES string of the molecule is CC(C)(C)OC(=O)NC1CCN(C(=O)CC[C@H](NC(=O)OCC2c3ccccc3-c3ccccc32)C(=O)O)CC1. The van der Waals surface area contributed by atoms with Crippen molar-refractivity contribution in [2.75, 3.05) is 19.7 Å². The first-order chi connectivity index (χ1) is 19.0. The Balaban J connectivity index is 1.23. The van der Waals surface area contributed by atoms with Gasteiger partial charge in [0.05, 0.1) is 0 Å². The van der Waals surface area contributed by atoms with Crippen LogP contribution in [0.25, 0.3) is 11.1 Å². The molecule has 0 radical (unpaired) electrons. The van der Waals surface area contributed by atoms with Gasteiger partial charge in [-0.15, -0.1) is 0 Å². The van der Waals surface area contributed by atoms with Crippen molar-refractivity contribution in [3.05, 3.63) is 59.7 Å². The summed E-state index contributed by atoms with van der Waals surface area (Å²) in [6.45, 7) is 6.33. The average molecular weight is 552 g/mol. The van der Waals surface area contributed by atoms with Crippen LogP contribution in [-0.4, -0.2) is 71.5 Å². The van der Waals surface area contributed by atoms with Crippen LogP contribution < -0.4 is 10.6 Å². The maximum Gasteiger partial charge on any atom is 0.407 e. The van der Waals surface area contributed by atoms with E-state index >= 15 is 0 Å². The van der Waals surface area contributed by atoms with Crippen LogP contribution in [0, 0.1) is 0 Å². The summed E-state index contributed by atoms with van der Waals surface area (Å²) in [5.74, 6) is -1.58. The number of hydrogen-bond acceptors (Lipinski definition) is 6. The van der Waals surface area contributed by atoms with E-state index in [2.05, 4.69) is 10.6 Å². The first-order valence-electron chi connectivity index (χ1n) is 13.6. The molecule has 10 heteroatoms. The van der Waals surface area contributed by atoms with E-state index < -0.39 is 29.8 Å². The number of carbonyl (C=O) groups is 4. The summed E-state index contributed by atoms with van der Waals surface area (Å²) in [4.78, 5) is 50.7. The molecule has 40 heavy (non-hydrogen) atoms. The van der Waals surface area contributed by atoms with Crippen molar-refractivity contribution in [2.24, 2.45) is 0 Å². The van der Waals surface area contributed by atoms with E-state index in [4.69, 9.17) is 9.47 Å². The highest BCUT2D eigenvalue weighted by Crippen LogP contribution is 2.44. The molecule has 214 valence electrons. The fourth-order valence-corrected chi connectivity index (χ4v) is 5.21. The van der Waals surface area contributed by atoms with Gasteiger partial charge in [-0.25, -0.2) is 14.4 Å². The molecule has 1 heterocycles. The quantitative estimate of drug-likeness (QED) is 0.446. The summed E-state index contributed by atoms with van der Waals surface area (Å²) in [6, 6.07) is 14.5. The largest absolute Gasteiger partial charge is 0.480 e. The normalized spacial score (nSPS) is 15.9. The number of carboxylic acid groups (broad SMARTS) is 1. The molecule has 0 bridgehead atoms. The lowest BCUT2D eigenvalue weighted by Crippen LogP contribution is -2.48. The Hall–Kier alpha value is -4.08. The van der Waals surface area contributed by atoms with Crippen molar-refractivity contribution >= 4 is 24.1 Å². The van der Waals surface area contributed by atoms with E-state index in [1.54, 1.807) is 25.7 Å². The van der Waals surface area contributed by atoms with Crippen LogP contribution in [-0.2, 0) is 19.1 Å². The Bertz CT molecular complexity index is 1200. The fourth-order valence-electron chi connectivity index (χ4n) is 5.21. The Morgan fingerprint density at radius 1 is 0.950 bits per heavy atom. The van der Waals surface area contributed by atoms with Crippen molar-refractivity contribution in [1.29, 1.82) is 0 Å². The molecule has 1 saturated heterocycles. The second-order valence-corrected chi connectivity index (χ2v) is 11.2. The standard InChI is InChI=1S/C30H37N3O7/c1-30(2,3)40-29(38)31-19-14-16-33(17-15-19)26(34)13-12-25(27(35)36)32-28(37)39-18-24-22-10-6-4-8-20(22)21-9-5-7-11-23(21)24/h4-11,19,24-25H,12-18H2,1-3H3,(H,31,38)(H,32,37)(H,35,36)/t25-/m0/s1. The van der Waals surface area contributed by atoms with Gasteiger partial charge in [0.25, 0.3) is 0 Å². The maximum absolute atomic E-state index is 12.7. The number of piperidine rings is 1. The lowest BCUT2D eigenvalue weighted by Gasteiger charge is -2.33. The van der Waals surface area contributed by atoms with Crippen LogP contribution in [0.5, 0.6) is 0 Å². The minimum Gasteiger partial charge on any atom is -0.480 e. The number of ether oxygens (including phenoxy) is 2. The molecule has 4 rings (SSSR count). The Morgan fingerprint density at radius 3 is 2.08 bits per heavy atom. The Labute approximate surface area is 234 Å². The van der Waals surface area contributed by atoms with Gasteiger partial charge in [0.15, 0.2) is 0 Å². The van der Waals surface area contributed by atoms with Crippen molar-refractivity contribution in [1.82, 2.24) is 15.5 Å². The maximum atomic E-state index is 12.7. The van der Waals surface area contributed by atoms with Gasteiger partial charge in [0.2, 0.25) is 5.91 Å². The summed E-state index contributed by atoms with van der Waals surface area (Å²) in [5.41, 5.74) is 3.72. The number of alkyl carbamates (subject to hydrolysis) is 2. The van der Waals surface area contributed by atoms with Crippen molar-refractivity contribution in [3.63, 3.8) is 0 Å². The van der Waals surface area contributed by atoms with Gasteiger partial charge in [-0.05, 0) is 62.3 Å². The molecule has 1 aliphatic heterocycles. The number of benzene rings is 2. The smallest absolute Gasteiger partial charge is 0.407 e. The molecule has 0 aromatic heterocycles. The van der Waals surface area contributed by atoms with Crippen molar-refractivity contribution in [2.45, 2.75) is 70.1 Å². The molecule has 0 unspecified atom stereocenters. The third-order valence-electron chi connectivity index (χ3n) is 7.15. The van der Waals surface area contributed by atoms with Gasteiger partial charge in [-0.3, -0.25) is 4.79 Å². The van der Waals surface area contributed by atoms with Gasteiger partial charge in [-0.2, -0.15) is 0 Å². The van der Waals surface area contributed by atoms with E-state index in [9.17, 15) is 24.3 Å². The molecule has 2 aliphatic rings. The van der Waals surface area contributed by atoms with Crippen molar-refractivity contribution in [3.8, 4) is 11.1 Å². The summed E-state index contributed by atoms with van der Waals surface area (Å²) >= 11 is 0. The number of hydrogen-bond donors (Lipinski definition) is 3. The van der Waals surface area contributed by atoms with E-state index in [1.807, 2.05) is 48.5 Å². The zero-order chi connectivity index (χ0) is 28.9. The second-order valence-electron chi connectivity index (χ2n) is 11.2. The zero-order valence-electron chi connectivity index (χ0n) is 23.1. The number of fused-ring (bicyclic) bond motifs is 3. The predicted molar refractivity (Wildman–Crippen MR) is 148 cm³/mol. The minimum absolute atomic E-state index is 0.0369. The highest BCUT2D eigenvalue weighted by Gasteiger charge is 2.31. The molecule has 10 nitrogen and oxygen atoms in total. The van der Waals surface area contributed by atoms with Crippen LogP contribution >= 0.6 is 0 Å². The zero-order valence-corrected chi connectivity index (χ0v) is 23.1. The molecule has 3 amide bonds. The molecule has 2 aromatic rings. The summed E-state index contributed by atoms with van der Waals surface area (Å²) in [5, 5.41) is 14.9. The Morgan fingerprint density at radius 2 is 1.52 bits per heavy atom. The number of aliphatic carboxylic acids is 1. The number of nitrogens with zero attached hydrogens (tertiary/aromatic N) is 1. The Kier molecular flexibility index (Phi) is 8.96. The predicted octanol–water partition coefficient (Wildman–Crippen LogP) is 4.27. The number of carbonyl (C=O) groups excluding carboxylic acids is 3. The highest BCUT2D eigenvalue weighted by atomic mass is 16.6. The van der Waals surface area contributed by atoms with Gasteiger partial charge >= 0.3 is 18.2 Å². The first-order valence-corrected chi connectivity index (χ1v) is 13.6. The van der Waals surface area contributed by atoms with Gasteiger partial charge in [0.1, 0.15) is 18.2 Å². The van der Waals surface area contributed by atoms with Crippen LogP contribution in [0.3, 0.4) is 0 Å². The van der Waals surface area contributed by atoms with Crippen molar-refractivity contribution < 1.29 is 33.8 Å². The number of carboxylic acids is 1. The molecule has 0 saturated carbocycles. The number of nitrogens with one attached hydrogen (secondary N) is 2. The third-order valence-corrected chi connectivity index (χ3v) is 7.15. The van der Waals surface area contributed by atoms with E-state index in [0.717, 1.165) is 22.3 Å². The van der Waals surface area contributed by atoms with Crippen LogP contribution in [0.4, 0.5) is 9.59 Å². The fraction of sp³-hybridized carbons (Fsp3) is 0.467. The topological polar surface area (TPSA) is 134 Å². The summed E-state index contributed by atoms with van der Waals surface area (Å²) < 4.78 is 10.7. The van der Waals surface area contributed by atoms with E-state index in [1.165, 1.54) is 0 Å². The molecular formula is C30H37N3O7. The van der Waals surface area contributed by atoms with Crippen LogP contribution in [0.2, 0.25) is 0 Å². The number of rotatable bonds is 8. The lowest BCUT2D eigenvalue weighted by molar-refractivity contribution is -0.140. The third kappa shape index (κ3) is 7.31. The number of amides is 3. The van der Waals surface area contributed by atoms with E-state index in [-0.39, 0.29) is 37.3 Å². The average Bonchev–Trinajstić information content (AvgIpc) is 3.22. The van der Waals surface area contributed by atoms with Gasteiger partial charge in [0, 0.05) is 31.5 Å². The molecule has 0 spiro atoms. The highest BCUT2D eigenvalue weighted by molar-refractivity contribution is 5.82. The molecule has 2 aromatic carbocycles. The molecule has 1 fully saturated rings. The lowest BCUT2D eigenvalue weighted by atomic mass is 9.98. The molecular weight excluding hydrogens is 514 g/mol. The van der Waals surface area contributed by atoms with Gasteiger partial charge < -0.3 is 30.1 Å². The second kappa shape index (κ2) is 12.4. The molecule has 3 N–H and O–H groups in total. The molecule has 1 aliphatic carbocycles. The minimum atomic E-state index is -1.26. The van der Waals surface area contributed by atoms with Crippen LogP contribution in [0.1, 0.15) is 63.5 Å². The summed E-state index contributed by atoms with van der Waals surface area (Å²) in [7, 11) is 0. The summed E-state index contributed by atoms with van der Waals surface area (Å²) in [6.07, 6.45) is -0.271. The van der Waals surface area contributed by atoms with E-state index in [0.29, 0.717) is 25.9 Å². The molecule has 1 atom stereocenters. The van der Waals surface area contributed by atoms with Gasteiger partial charge in [-0.1, -0.05) is 48.5 Å². The first kappa shape index (κ1) is 28.9. The monoisotopic (exact) mass is 551 g/mol.